The number of aromatic nitrogens is 4. The largest absolute Gasteiger partial charge is 0.389 e. The molecule has 2 aliphatic rings. The quantitative estimate of drug-likeness (QED) is 0.402. The van der Waals surface area contributed by atoms with E-state index in [2.05, 4.69) is 42.7 Å². The lowest BCUT2D eigenvalue weighted by molar-refractivity contribution is 0.0817. The minimum atomic E-state index is -1.01. The highest BCUT2D eigenvalue weighted by molar-refractivity contribution is 6.36. The smallest absolute Gasteiger partial charge is 0.232 e. The van der Waals surface area contributed by atoms with Gasteiger partial charge in [0.1, 0.15) is 18.3 Å². The molecule has 1 saturated carbocycles. The van der Waals surface area contributed by atoms with Gasteiger partial charge in [-0.05, 0) is 31.9 Å². The summed E-state index contributed by atoms with van der Waals surface area (Å²) in [7, 11) is 0. The molecular formula is C24H26ClFN10O. The predicted molar refractivity (Wildman–Crippen MR) is 137 cm³/mol. The summed E-state index contributed by atoms with van der Waals surface area (Å²) in [4.78, 5) is 13.2. The maximum absolute atomic E-state index is 12.8. The Kier molecular flexibility index (Phi) is 6.98. The molecule has 3 N–H and O–H groups in total. The summed E-state index contributed by atoms with van der Waals surface area (Å²) in [5.41, 5.74) is 2.21. The van der Waals surface area contributed by atoms with Crippen LogP contribution in [0.1, 0.15) is 30.9 Å². The number of nitrogens with one attached hydrogen (secondary N) is 2. The van der Waals surface area contributed by atoms with E-state index < -0.39 is 12.8 Å². The number of nitrogens with zero attached hydrogens (tertiary/aromatic N) is 8. The Balaban J connectivity index is 1.46. The van der Waals surface area contributed by atoms with Crippen LogP contribution < -0.4 is 15.5 Å². The van der Waals surface area contributed by atoms with Gasteiger partial charge in [-0.15, -0.1) is 0 Å². The molecule has 37 heavy (non-hydrogen) atoms. The van der Waals surface area contributed by atoms with E-state index in [9.17, 15) is 20.0 Å². The van der Waals surface area contributed by atoms with Crippen molar-refractivity contribution in [3.05, 3.63) is 34.5 Å². The van der Waals surface area contributed by atoms with E-state index in [1.807, 2.05) is 11.8 Å². The second kappa shape index (κ2) is 10.3. The van der Waals surface area contributed by atoms with Gasteiger partial charge >= 0.3 is 0 Å². The zero-order chi connectivity index (χ0) is 26.1. The highest BCUT2D eigenvalue weighted by Crippen LogP contribution is 2.37. The van der Waals surface area contributed by atoms with Gasteiger partial charge in [-0.2, -0.15) is 30.1 Å². The fraction of sp³-hybridized carbons (Fsp3) is 0.458. The van der Waals surface area contributed by atoms with Crippen LogP contribution in [0.15, 0.2) is 18.3 Å². The molecule has 1 aliphatic heterocycles. The molecule has 0 unspecified atom stereocenters. The number of alkyl halides is 1. The molecule has 13 heteroatoms. The van der Waals surface area contributed by atoms with Crippen molar-refractivity contribution in [3.8, 4) is 12.1 Å². The predicted octanol–water partition coefficient (Wildman–Crippen LogP) is 2.68. The minimum Gasteiger partial charge on any atom is -0.389 e. The first-order valence-corrected chi connectivity index (χ1v) is 12.4. The molecule has 1 aromatic carbocycles. The van der Waals surface area contributed by atoms with Gasteiger partial charge in [-0.3, -0.25) is 4.90 Å². The first-order valence-electron chi connectivity index (χ1n) is 12.1. The Morgan fingerprint density at radius 2 is 2.05 bits per heavy atom. The van der Waals surface area contributed by atoms with E-state index in [4.69, 9.17) is 11.6 Å². The van der Waals surface area contributed by atoms with Gasteiger partial charge in [-0.1, -0.05) is 11.6 Å². The molecule has 2 atom stereocenters. The third kappa shape index (κ3) is 5.23. The van der Waals surface area contributed by atoms with Crippen LogP contribution in [-0.4, -0.2) is 80.6 Å². The van der Waals surface area contributed by atoms with Gasteiger partial charge in [-0.25, -0.2) is 4.39 Å². The monoisotopic (exact) mass is 524 g/mol. The molecule has 3 aromatic rings. The van der Waals surface area contributed by atoms with Crippen LogP contribution >= 0.6 is 11.6 Å². The number of rotatable bonds is 8. The van der Waals surface area contributed by atoms with Gasteiger partial charge in [0.2, 0.25) is 11.9 Å². The molecule has 5 rings (SSSR count). The molecule has 1 saturated heterocycles. The Hall–Kier alpha value is -3.71. The van der Waals surface area contributed by atoms with Gasteiger partial charge < -0.3 is 20.6 Å². The summed E-state index contributed by atoms with van der Waals surface area (Å²) in [6.45, 7) is 3.33. The summed E-state index contributed by atoms with van der Waals surface area (Å²) in [6.07, 6.45) is 2.49. The van der Waals surface area contributed by atoms with Gasteiger partial charge in [0.25, 0.3) is 0 Å². The number of hydrogen-bond acceptors (Lipinski definition) is 10. The summed E-state index contributed by atoms with van der Waals surface area (Å²) in [5, 5.41) is 40.0. The van der Waals surface area contributed by atoms with Crippen molar-refractivity contribution in [2.75, 3.05) is 48.4 Å². The number of anilines is 4. The van der Waals surface area contributed by atoms with Crippen molar-refractivity contribution in [1.29, 1.82) is 10.5 Å². The molecule has 0 radical (unpaired) electrons. The number of aliphatic hydroxyl groups excluding tert-OH is 1. The first-order chi connectivity index (χ1) is 17.9. The van der Waals surface area contributed by atoms with Crippen molar-refractivity contribution in [3.63, 3.8) is 0 Å². The topological polar surface area (TPSA) is 141 Å². The number of β-amino-alcohol motifs (C(OH)–C–C–N with tert-alkyl or cyclic N) is 1. The zero-order valence-corrected chi connectivity index (χ0v) is 21.0. The number of hydrogen-bond donors (Lipinski definition) is 3. The van der Waals surface area contributed by atoms with Crippen LogP contribution in [0.2, 0.25) is 5.02 Å². The van der Waals surface area contributed by atoms with Crippen molar-refractivity contribution >= 4 is 40.5 Å². The lowest BCUT2D eigenvalue weighted by Crippen LogP contribution is -2.53. The highest BCUT2D eigenvalue weighted by atomic mass is 35.5. The molecule has 0 spiro atoms. The Morgan fingerprint density at radius 1 is 1.24 bits per heavy atom. The van der Waals surface area contributed by atoms with Crippen LogP contribution in [0.5, 0.6) is 0 Å². The van der Waals surface area contributed by atoms with E-state index >= 15 is 0 Å². The molecule has 192 valence electrons. The molecule has 2 fully saturated rings. The van der Waals surface area contributed by atoms with Crippen LogP contribution in [0.4, 0.5) is 27.7 Å². The third-order valence-corrected chi connectivity index (χ3v) is 6.89. The van der Waals surface area contributed by atoms with E-state index in [0.717, 1.165) is 12.8 Å². The Morgan fingerprint density at radius 3 is 2.73 bits per heavy atom. The van der Waals surface area contributed by atoms with E-state index in [-0.39, 0.29) is 18.5 Å². The van der Waals surface area contributed by atoms with Crippen LogP contribution in [0.3, 0.4) is 0 Å². The first kappa shape index (κ1) is 25.0. The Bertz CT molecular complexity index is 1390. The second-order valence-corrected chi connectivity index (χ2v) is 9.78. The highest BCUT2D eigenvalue weighted by Gasteiger charge is 2.28. The summed E-state index contributed by atoms with van der Waals surface area (Å²) in [6, 6.07) is 7.96. The minimum absolute atomic E-state index is 0.00628. The maximum Gasteiger partial charge on any atom is 0.232 e. The van der Waals surface area contributed by atoms with Crippen LogP contribution in [0, 0.1) is 22.7 Å². The fourth-order valence-corrected chi connectivity index (χ4v) is 4.78. The number of aliphatic hydroxyl groups is 1. The molecule has 2 aromatic heterocycles. The summed E-state index contributed by atoms with van der Waals surface area (Å²) in [5.74, 6) is 0.679. The lowest BCUT2D eigenvalue weighted by atomic mass is 10.1. The molecule has 11 nitrogen and oxygen atoms in total. The Labute approximate surface area is 218 Å². The van der Waals surface area contributed by atoms with Gasteiger partial charge in [0.05, 0.1) is 40.3 Å². The summed E-state index contributed by atoms with van der Waals surface area (Å²) >= 11 is 6.86. The standard InChI is InChI=1S/C24H26ClFN10O/c1-14-12-34(13-18(37)8-26)4-5-35(14)20-7-15(9-27)6-19(21(20)25)31-23-32-22-16(10-28)11-29-36(22)24(33-23)30-17-2-3-17/h6-7,11,14,17-18,37H,2-5,8,12-13H2,1H3,(H2,30,31,32,33)/t14-,18-/m0/s1. The van der Waals surface area contributed by atoms with E-state index in [0.29, 0.717) is 64.8 Å². The van der Waals surface area contributed by atoms with Crippen molar-refractivity contribution in [2.45, 2.75) is 38.0 Å². The SMILES string of the molecule is C[C@H]1CN(C[C@@H](O)CF)CCN1c1cc(C#N)cc(Nc2nc(NC3CC3)n3ncc(C#N)c3n2)c1Cl. The second-order valence-electron chi connectivity index (χ2n) is 9.40. The van der Waals surface area contributed by atoms with Crippen LogP contribution in [0.25, 0.3) is 5.65 Å². The fourth-order valence-electron chi connectivity index (χ4n) is 4.51. The lowest BCUT2D eigenvalue weighted by Gasteiger charge is -2.42. The van der Waals surface area contributed by atoms with Crippen molar-refractivity contribution < 1.29 is 9.50 Å². The summed E-state index contributed by atoms with van der Waals surface area (Å²) < 4.78 is 14.3. The average Bonchev–Trinajstić information content (AvgIpc) is 3.61. The van der Waals surface area contributed by atoms with E-state index in [1.165, 1.54) is 10.7 Å². The number of halogens is 2. The molecule has 0 amide bonds. The average molecular weight is 525 g/mol. The molecule has 1 aliphatic carbocycles. The molecular weight excluding hydrogens is 499 g/mol. The van der Waals surface area contributed by atoms with Crippen molar-refractivity contribution in [2.24, 2.45) is 0 Å². The number of benzene rings is 1. The molecule has 3 heterocycles. The normalized spacial score (nSPS) is 18.9. The van der Waals surface area contributed by atoms with E-state index in [1.54, 1.807) is 12.1 Å². The zero-order valence-electron chi connectivity index (χ0n) is 20.2. The number of piperazine rings is 1. The third-order valence-electron chi connectivity index (χ3n) is 6.50. The van der Waals surface area contributed by atoms with Gasteiger partial charge in [0, 0.05) is 38.3 Å². The molecule has 0 bridgehead atoms. The van der Waals surface area contributed by atoms with Crippen LogP contribution in [-0.2, 0) is 0 Å². The van der Waals surface area contributed by atoms with Crippen molar-refractivity contribution in [1.82, 2.24) is 24.5 Å². The maximum atomic E-state index is 12.8. The van der Waals surface area contributed by atoms with Gasteiger partial charge in [0.15, 0.2) is 5.65 Å². The number of nitriles is 2. The number of fused-ring (bicyclic) bond motifs is 1.